The summed E-state index contributed by atoms with van der Waals surface area (Å²) in [4.78, 5) is 11.8. The third-order valence-electron chi connectivity index (χ3n) is 3.50. The summed E-state index contributed by atoms with van der Waals surface area (Å²) in [6.07, 6.45) is 1.26. The van der Waals surface area contributed by atoms with Gasteiger partial charge in [0.05, 0.1) is 10.7 Å². The van der Waals surface area contributed by atoms with Crippen molar-refractivity contribution < 1.29 is 19.7 Å². The minimum atomic E-state index is -0.437. The van der Waals surface area contributed by atoms with Crippen LogP contribution in [0.5, 0.6) is 17.2 Å². The first-order chi connectivity index (χ1) is 11.8. The van der Waals surface area contributed by atoms with Crippen molar-refractivity contribution in [2.75, 3.05) is 6.61 Å². The van der Waals surface area contributed by atoms with Gasteiger partial charge >= 0.3 is 0 Å². The molecular weight excluding hydrogens is 456 g/mol. The molecule has 2 rings (SSSR count). The Morgan fingerprint density at radius 3 is 2.72 bits per heavy atom. The van der Waals surface area contributed by atoms with Crippen LogP contribution in [-0.2, 0) is 4.79 Å². The van der Waals surface area contributed by atoms with E-state index in [1.165, 1.54) is 12.3 Å². The number of phenols is 2. The minimum Gasteiger partial charge on any atom is -0.506 e. The monoisotopic (exact) mass is 470 g/mol. The molecular formula is C17H16Br2N2O4. The smallest absolute Gasteiger partial charge is 0.277 e. The van der Waals surface area contributed by atoms with E-state index in [0.717, 1.165) is 11.1 Å². The maximum absolute atomic E-state index is 11.8. The highest BCUT2D eigenvalue weighted by Crippen LogP contribution is 2.40. The number of nitrogens with one attached hydrogen (secondary N) is 1. The second kappa shape index (κ2) is 8.35. The van der Waals surface area contributed by atoms with Crippen LogP contribution < -0.4 is 10.2 Å². The second-order valence-corrected chi connectivity index (χ2v) is 6.89. The van der Waals surface area contributed by atoms with Crippen molar-refractivity contribution in [3.8, 4) is 17.2 Å². The van der Waals surface area contributed by atoms with Crippen molar-refractivity contribution in [3.63, 3.8) is 0 Å². The Morgan fingerprint density at radius 1 is 1.28 bits per heavy atom. The maximum Gasteiger partial charge on any atom is 0.277 e. The number of aromatic hydroxyl groups is 2. The molecule has 2 aromatic rings. The van der Waals surface area contributed by atoms with Crippen LogP contribution in [0, 0.1) is 13.8 Å². The number of benzene rings is 2. The number of ether oxygens (including phenoxy) is 1. The molecule has 8 heteroatoms. The SMILES string of the molecule is Cc1cccc(OCC(=O)NN=Cc2cc(Br)c(O)c(Br)c2O)c1C. The number of carbonyl (C=O) groups excluding carboxylic acids is 1. The quantitative estimate of drug-likeness (QED) is 0.457. The van der Waals surface area contributed by atoms with Crippen molar-refractivity contribution in [2.45, 2.75) is 13.8 Å². The van der Waals surface area contributed by atoms with E-state index in [1.807, 2.05) is 26.0 Å². The summed E-state index contributed by atoms with van der Waals surface area (Å²) in [7, 11) is 0. The third-order valence-corrected chi connectivity index (χ3v) is 4.86. The van der Waals surface area contributed by atoms with Crippen molar-refractivity contribution >= 4 is 44.0 Å². The predicted molar refractivity (Wildman–Crippen MR) is 102 cm³/mol. The molecule has 0 aromatic heterocycles. The van der Waals surface area contributed by atoms with Crippen LogP contribution in [0.2, 0.25) is 0 Å². The molecule has 0 aliphatic heterocycles. The van der Waals surface area contributed by atoms with Gasteiger partial charge in [-0.05, 0) is 69.0 Å². The number of phenolic OH excluding ortho intramolecular Hbond substituents is 2. The number of amides is 1. The lowest BCUT2D eigenvalue weighted by Gasteiger charge is -2.10. The summed E-state index contributed by atoms with van der Waals surface area (Å²) in [5.74, 6) is -0.109. The average Bonchev–Trinajstić information content (AvgIpc) is 2.58. The highest BCUT2D eigenvalue weighted by atomic mass is 79.9. The highest BCUT2D eigenvalue weighted by Gasteiger charge is 2.13. The molecule has 0 atom stereocenters. The fraction of sp³-hybridized carbons (Fsp3) is 0.176. The summed E-state index contributed by atoms with van der Waals surface area (Å²) < 4.78 is 5.99. The first-order valence-electron chi connectivity index (χ1n) is 7.22. The van der Waals surface area contributed by atoms with E-state index >= 15 is 0 Å². The summed E-state index contributed by atoms with van der Waals surface area (Å²) in [5.41, 5.74) is 4.68. The Kier molecular flexibility index (Phi) is 6.44. The number of hydrazone groups is 1. The zero-order chi connectivity index (χ0) is 18.6. The third kappa shape index (κ3) is 4.73. The molecule has 0 bridgehead atoms. The fourth-order valence-corrected chi connectivity index (χ4v) is 3.10. The number of aryl methyl sites for hydroxylation is 1. The van der Waals surface area contributed by atoms with Gasteiger partial charge in [0.2, 0.25) is 0 Å². The van der Waals surface area contributed by atoms with Gasteiger partial charge in [0.1, 0.15) is 21.7 Å². The normalized spacial score (nSPS) is 10.9. The van der Waals surface area contributed by atoms with Crippen LogP contribution in [0.15, 0.2) is 38.3 Å². The molecule has 132 valence electrons. The van der Waals surface area contributed by atoms with Crippen molar-refractivity contribution in [1.82, 2.24) is 5.43 Å². The molecule has 6 nitrogen and oxygen atoms in total. The molecule has 2 aromatic carbocycles. The summed E-state index contributed by atoms with van der Waals surface area (Å²) in [5, 5.41) is 23.4. The van der Waals surface area contributed by atoms with E-state index in [1.54, 1.807) is 6.07 Å². The number of rotatable bonds is 5. The molecule has 0 radical (unpaired) electrons. The van der Waals surface area contributed by atoms with Gasteiger partial charge in [0.15, 0.2) is 6.61 Å². The molecule has 0 unspecified atom stereocenters. The lowest BCUT2D eigenvalue weighted by atomic mass is 10.1. The average molecular weight is 472 g/mol. The van der Waals surface area contributed by atoms with E-state index in [2.05, 4.69) is 42.4 Å². The Hall–Kier alpha value is -2.06. The lowest BCUT2D eigenvalue weighted by molar-refractivity contribution is -0.123. The number of nitrogens with zero attached hydrogens (tertiary/aromatic N) is 1. The standard InChI is InChI=1S/C17H16Br2N2O4/c1-9-4-3-5-13(10(9)2)25-8-14(22)21-20-7-11-6-12(18)17(24)15(19)16(11)23/h3-7,23-24H,8H2,1-2H3,(H,21,22). The number of hydrogen-bond donors (Lipinski definition) is 3. The van der Waals surface area contributed by atoms with Gasteiger partial charge in [-0.3, -0.25) is 4.79 Å². The van der Waals surface area contributed by atoms with E-state index in [-0.39, 0.29) is 22.6 Å². The van der Waals surface area contributed by atoms with Crippen LogP contribution in [0.4, 0.5) is 0 Å². The van der Waals surface area contributed by atoms with Crippen LogP contribution >= 0.6 is 31.9 Å². The van der Waals surface area contributed by atoms with E-state index in [0.29, 0.717) is 15.8 Å². The fourth-order valence-electron chi connectivity index (χ4n) is 1.95. The zero-order valence-corrected chi connectivity index (χ0v) is 16.7. The summed E-state index contributed by atoms with van der Waals surface area (Å²) in [6.45, 7) is 3.70. The van der Waals surface area contributed by atoms with Crippen molar-refractivity contribution in [3.05, 3.63) is 49.9 Å². The van der Waals surface area contributed by atoms with Gasteiger partial charge in [-0.2, -0.15) is 5.10 Å². The topological polar surface area (TPSA) is 91.2 Å². The van der Waals surface area contributed by atoms with Gasteiger partial charge in [-0.1, -0.05) is 12.1 Å². The molecule has 0 aliphatic carbocycles. The van der Waals surface area contributed by atoms with Gasteiger partial charge in [-0.25, -0.2) is 5.43 Å². The van der Waals surface area contributed by atoms with Crippen LogP contribution in [0.25, 0.3) is 0 Å². The Balaban J connectivity index is 1.96. The first kappa shape index (κ1) is 19.3. The molecule has 0 saturated heterocycles. The molecule has 0 saturated carbocycles. The molecule has 25 heavy (non-hydrogen) atoms. The Labute approximate surface area is 161 Å². The second-order valence-electron chi connectivity index (χ2n) is 5.24. The molecule has 0 heterocycles. The van der Waals surface area contributed by atoms with Crippen LogP contribution in [0.1, 0.15) is 16.7 Å². The lowest BCUT2D eigenvalue weighted by Crippen LogP contribution is -2.24. The summed E-state index contributed by atoms with van der Waals surface area (Å²) >= 11 is 6.22. The maximum atomic E-state index is 11.8. The predicted octanol–water partition coefficient (Wildman–Crippen LogP) is 3.77. The number of halogens is 2. The van der Waals surface area contributed by atoms with Gasteiger partial charge in [0, 0.05) is 5.56 Å². The van der Waals surface area contributed by atoms with Crippen molar-refractivity contribution in [2.24, 2.45) is 5.10 Å². The molecule has 1 amide bonds. The molecule has 0 aliphatic rings. The van der Waals surface area contributed by atoms with Crippen molar-refractivity contribution in [1.29, 1.82) is 0 Å². The molecule has 0 spiro atoms. The van der Waals surface area contributed by atoms with E-state index in [9.17, 15) is 15.0 Å². The summed E-state index contributed by atoms with van der Waals surface area (Å²) in [6, 6.07) is 7.09. The van der Waals surface area contributed by atoms with E-state index < -0.39 is 5.91 Å². The number of carbonyl (C=O) groups is 1. The van der Waals surface area contributed by atoms with E-state index in [4.69, 9.17) is 4.74 Å². The largest absolute Gasteiger partial charge is 0.506 e. The Morgan fingerprint density at radius 2 is 2.00 bits per heavy atom. The van der Waals surface area contributed by atoms with Crippen LogP contribution in [0.3, 0.4) is 0 Å². The van der Waals surface area contributed by atoms with Gasteiger partial charge in [-0.15, -0.1) is 0 Å². The Bertz CT molecular complexity index is 838. The highest BCUT2D eigenvalue weighted by molar-refractivity contribution is 9.11. The van der Waals surface area contributed by atoms with Crippen LogP contribution in [-0.4, -0.2) is 28.9 Å². The number of hydrogen-bond acceptors (Lipinski definition) is 5. The van der Waals surface area contributed by atoms with Gasteiger partial charge in [0.25, 0.3) is 5.91 Å². The minimum absolute atomic E-state index is 0.124. The molecule has 0 fully saturated rings. The molecule has 3 N–H and O–H groups in total. The van der Waals surface area contributed by atoms with Gasteiger partial charge < -0.3 is 14.9 Å². The zero-order valence-electron chi connectivity index (χ0n) is 13.5. The first-order valence-corrected chi connectivity index (χ1v) is 8.80.